The SMILES string of the molecule is O=C(NCC1(N2CCN(S(=O)(=O)C3CCC3)CC2)CCCCC1)c1ccc(Cl)cc1Cl. The van der Waals surface area contributed by atoms with Crippen LogP contribution >= 0.6 is 23.2 Å². The molecule has 3 aliphatic rings. The Kier molecular flexibility index (Phi) is 7.18. The molecule has 2 saturated carbocycles. The van der Waals surface area contributed by atoms with Crippen molar-refractivity contribution in [3.63, 3.8) is 0 Å². The first kappa shape index (κ1) is 23.3. The summed E-state index contributed by atoms with van der Waals surface area (Å²) in [5.41, 5.74) is 0.299. The first-order chi connectivity index (χ1) is 14.8. The van der Waals surface area contributed by atoms with Crippen LogP contribution in [-0.2, 0) is 10.0 Å². The quantitative estimate of drug-likeness (QED) is 0.659. The molecule has 31 heavy (non-hydrogen) atoms. The van der Waals surface area contributed by atoms with Gasteiger partial charge in [-0.15, -0.1) is 0 Å². The second kappa shape index (κ2) is 9.56. The molecule has 0 bridgehead atoms. The normalized spacial score (nSPS) is 23.3. The summed E-state index contributed by atoms with van der Waals surface area (Å²) in [7, 11) is -3.16. The van der Waals surface area contributed by atoms with E-state index in [1.54, 1.807) is 22.5 Å². The highest BCUT2D eigenvalue weighted by atomic mass is 35.5. The van der Waals surface area contributed by atoms with Crippen LogP contribution in [0.1, 0.15) is 61.7 Å². The van der Waals surface area contributed by atoms with Gasteiger partial charge in [0.1, 0.15) is 0 Å². The van der Waals surface area contributed by atoms with E-state index in [9.17, 15) is 13.2 Å². The molecule has 0 aromatic heterocycles. The van der Waals surface area contributed by atoms with Crippen molar-refractivity contribution >= 4 is 39.1 Å². The van der Waals surface area contributed by atoms with Gasteiger partial charge in [-0.25, -0.2) is 8.42 Å². The summed E-state index contributed by atoms with van der Waals surface area (Å²) in [4.78, 5) is 15.2. The van der Waals surface area contributed by atoms with Crippen LogP contribution in [0, 0.1) is 0 Å². The molecule has 0 atom stereocenters. The number of benzene rings is 1. The first-order valence-electron chi connectivity index (χ1n) is 11.3. The van der Waals surface area contributed by atoms with Crippen molar-refractivity contribution in [2.75, 3.05) is 32.7 Å². The second-order valence-corrected chi connectivity index (χ2v) is 12.1. The van der Waals surface area contributed by atoms with Crippen LogP contribution in [-0.4, -0.2) is 67.0 Å². The van der Waals surface area contributed by atoms with E-state index in [0.29, 0.717) is 48.3 Å². The lowest BCUT2D eigenvalue weighted by Gasteiger charge is -2.50. The molecular formula is C22H31Cl2N3O3S. The Balaban J connectivity index is 1.41. The summed E-state index contributed by atoms with van der Waals surface area (Å²) in [6.45, 7) is 3.04. The summed E-state index contributed by atoms with van der Waals surface area (Å²) in [6.07, 6.45) is 8.08. The van der Waals surface area contributed by atoms with Gasteiger partial charge >= 0.3 is 0 Å². The number of hydrogen-bond acceptors (Lipinski definition) is 4. The maximum Gasteiger partial charge on any atom is 0.252 e. The Labute approximate surface area is 195 Å². The monoisotopic (exact) mass is 487 g/mol. The van der Waals surface area contributed by atoms with Crippen LogP contribution in [0.5, 0.6) is 0 Å². The van der Waals surface area contributed by atoms with Crippen molar-refractivity contribution < 1.29 is 13.2 Å². The Morgan fingerprint density at radius 1 is 1.03 bits per heavy atom. The number of sulfonamides is 1. The third kappa shape index (κ3) is 4.91. The molecule has 9 heteroatoms. The molecule has 0 spiro atoms. The highest BCUT2D eigenvalue weighted by Gasteiger charge is 2.43. The zero-order chi connectivity index (χ0) is 22.1. The molecule has 1 heterocycles. The van der Waals surface area contributed by atoms with Gasteiger partial charge in [0.05, 0.1) is 15.8 Å². The van der Waals surface area contributed by atoms with Crippen LogP contribution < -0.4 is 5.32 Å². The fourth-order valence-corrected chi connectivity index (χ4v) is 7.64. The molecule has 6 nitrogen and oxygen atoms in total. The van der Waals surface area contributed by atoms with E-state index in [1.165, 1.54) is 6.42 Å². The van der Waals surface area contributed by atoms with Gasteiger partial charge in [0, 0.05) is 43.3 Å². The largest absolute Gasteiger partial charge is 0.350 e. The van der Waals surface area contributed by atoms with Gasteiger partial charge < -0.3 is 5.32 Å². The fraction of sp³-hybridized carbons (Fsp3) is 0.682. The maximum absolute atomic E-state index is 12.8. The van der Waals surface area contributed by atoms with Crippen molar-refractivity contribution in [3.8, 4) is 0 Å². The molecule has 1 aliphatic heterocycles. The Hall–Kier alpha value is -0.860. The van der Waals surface area contributed by atoms with Gasteiger partial charge in [-0.1, -0.05) is 48.9 Å². The van der Waals surface area contributed by atoms with Crippen LogP contribution in [0.3, 0.4) is 0 Å². The Morgan fingerprint density at radius 3 is 2.29 bits per heavy atom. The first-order valence-corrected chi connectivity index (χ1v) is 13.6. The van der Waals surface area contributed by atoms with E-state index >= 15 is 0 Å². The lowest BCUT2D eigenvalue weighted by atomic mass is 9.79. The average molecular weight is 488 g/mol. The van der Waals surface area contributed by atoms with Crippen molar-refractivity contribution in [2.24, 2.45) is 0 Å². The smallest absolute Gasteiger partial charge is 0.252 e. The molecule has 4 rings (SSSR count). The summed E-state index contributed by atoms with van der Waals surface area (Å²) in [5, 5.41) is 3.78. The van der Waals surface area contributed by atoms with Crippen molar-refractivity contribution in [3.05, 3.63) is 33.8 Å². The average Bonchev–Trinajstić information content (AvgIpc) is 2.71. The zero-order valence-corrected chi connectivity index (χ0v) is 20.1. The minimum Gasteiger partial charge on any atom is -0.350 e. The van der Waals surface area contributed by atoms with Crippen molar-refractivity contribution in [1.29, 1.82) is 0 Å². The van der Waals surface area contributed by atoms with Crippen LogP contribution in [0.4, 0.5) is 0 Å². The number of amides is 1. The Morgan fingerprint density at radius 2 is 1.71 bits per heavy atom. The molecule has 1 saturated heterocycles. The topological polar surface area (TPSA) is 69.7 Å². The van der Waals surface area contributed by atoms with Crippen LogP contribution in [0.15, 0.2) is 18.2 Å². The molecular weight excluding hydrogens is 457 g/mol. The van der Waals surface area contributed by atoms with Crippen molar-refractivity contribution in [1.82, 2.24) is 14.5 Å². The molecule has 0 unspecified atom stereocenters. The summed E-state index contributed by atoms with van der Waals surface area (Å²) in [5.74, 6) is -0.196. The molecule has 0 radical (unpaired) electrons. The van der Waals surface area contributed by atoms with E-state index in [2.05, 4.69) is 10.2 Å². The van der Waals surface area contributed by atoms with Crippen LogP contribution in [0.2, 0.25) is 10.0 Å². The summed E-state index contributed by atoms with van der Waals surface area (Å²) in [6, 6.07) is 4.90. The summed E-state index contributed by atoms with van der Waals surface area (Å²) < 4.78 is 27.3. The molecule has 1 aromatic carbocycles. The maximum atomic E-state index is 12.8. The van der Waals surface area contributed by atoms with Gasteiger partial charge in [-0.3, -0.25) is 9.69 Å². The van der Waals surface area contributed by atoms with E-state index in [0.717, 1.165) is 44.9 Å². The van der Waals surface area contributed by atoms with Gasteiger partial charge in [0.2, 0.25) is 10.0 Å². The second-order valence-electron chi connectivity index (χ2n) is 9.08. The number of piperazine rings is 1. The molecule has 172 valence electrons. The predicted molar refractivity (Wildman–Crippen MR) is 124 cm³/mol. The van der Waals surface area contributed by atoms with Gasteiger partial charge in [0.15, 0.2) is 0 Å². The van der Waals surface area contributed by atoms with Gasteiger partial charge in [-0.05, 0) is 43.9 Å². The third-order valence-corrected chi connectivity index (χ3v) is 10.2. The minimum absolute atomic E-state index is 0.126. The van der Waals surface area contributed by atoms with E-state index < -0.39 is 10.0 Å². The lowest BCUT2D eigenvalue weighted by Crippen LogP contribution is -2.63. The number of nitrogens with zero attached hydrogens (tertiary/aromatic N) is 2. The number of halogens is 2. The number of carbonyl (C=O) groups excluding carboxylic acids is 1. The zero-order valence-electron chi connectivity index (χ0n) is 17.8. The standard InChI is InChI=1S/C22H31Cl2N3O3S/c23-17-7-8-19(20(24)15-17)21(28)25-16-22(9-2-1-3-10-22)26-11-13-27(14-12-26)31(29,30)18-5-4-6-18/h7-8,15,18H,1-6,9-14,16H2,(H,25,28). The molecule has 1 aromatic rings. The summed E-state index contributed by atoms with van der Waals surface area (Å²) >= 11 is 12.2. The number of nitrogens with one attached hydrogen (secondary N) is 1. The molecule has 1 amide bonds. The van der Waals surface area contributed by atoms with Gasteiger partial charge in [0.25, 0.3) is 5.91 Å². The lowest BCUT2D eigenvalue weighted by molar-refractivity contribution is 0.0237. The molecule has 3 fully saturated rings. The highest BCUT2D eigenvalue weighted by molar-refractivity contribution is 7.89. The van der Waals surface area contributed by atoms with E-state index in [4.69, 9.17) is 23.2 Å². The number of hydrogen-bond donors (Lipinski definition) is 1. The van der Waals surface area contributed by atoms with Gasteiger partial charge in [-0.2, -0.15) is 4.31 Å². The third-order valence-electron chi connectivity index (χ3n) is 7.28. The minimum atomic E-state index is -3.16. The molecule has 2 aliphatic carbocycles. The van der Waals surface area contributed by atoms with Crippen LogP contribution in [0.25, 0.3) is 0 Å². The Bertz CT molecular complexity index is 907. The van der Waals surface area contributed by atoms with E-state index in [1.807, 2.05) is 0 Å². The number of carbonyl (C=O) groups is 1. The highest BCUT2D eigenvalue weighted by Crippen LogP contribution is 2.35. The number of rotatable bonds is 6. The molecule has 1 N–H and O–H groups in total. The predicted octanol–water partition coefficient (Wildman–Crippen LogP) is 3.93. The van der Waals surface area contributed by atoms with E-state index in [-0.39, 0.29) is 16.7 Å². The van der Waals surface area contributed by atoms with Crippen molar-refractivity contribution in [2.45, 2.75) is 62.2 Å². The fourth-order valence-electron chi connectivity index (χ4n) is 5.12.